The third-order valence-corrected chi connectivity index (χ3v) is 3.60. The van der Waals surface area contributed by atoms with Crippen LogP contribution in [0.1, 0.15) is 36.8 Å². The molecule has 1 aromatic rings. The minimum absolute atomic E-state index is 0.223. The number of nitrogens with two attached hydrogens (primary N) is 1. The van der Waals surface area contributed by atoms with Gasteiger partial charge in [0, 0.05) is 6.04 Å². The quantitative estimate of drug-likeness (QED) is 0.830. The number of carbonyl (C=O) groups is 1. The Morgan fingerprint density at radius 3 is 2.47 bits per heavy atom. The van der Waals surface area contributed by atoms with Crippen LogP contribution in [0.4, 0.5) is 0 Å². The van der Waals surface area contributed by atoms with E-state index in [1.165, 1.54) is 11.1 Å². The third kappa shape index (κ3) is 2.86. The van der Waals surface area contributed by atoms with Crippen molar-refractivity contribution in [2.45, 2.75) is 44.7 Å². The second-order valence-electron chi connectivity index (χ2n) is 5.07. The molecule has 1 atom stereocenters. The van der Waals surface area contributed by atoms with E-state index in [0.29, 0.717) is 12.0 Å². The predicted molar refractivity (Wildman–Crippen MR) is 68.7 cm³/mol. The van der Waals surface area contributed by atoms with Gasteiger partial charge in [-0.2, -0.15) is 0 Å². The molecule has 1 saturated carbocycles. The number of hydrogen-bond donors (Lipinski definition) is 2. The standard InChI is InChI=1S/C14H20N2O/c1-9-3-5-11(6-4-9)12-7-13(8-12)16-10(2)14(15)17/h3-6,10,12-13,16H,7-8H2,1-2H3,(H2,15,17). The van der Waals surface area contributed by atoms with E-state index in [1.807, 2.05) is 6.92 Å². The molecule has 3 N–H and O–H groups in total. The lowest BCUT2D eigenvalue weighted by Crippen LogP contribution is -2.49. The normalized spacial score (nSPS) is 25.1. The van der Waals surface area contributed by atoms with Crippen LogP contribution < -0.4 is 11.1 Å². The average Bonchev–Trinajstić information content (AvgIpc) is 2.24. The van der Waals surface area contributed by atoms with E-state index in [0.717, 1.165) is 12.8 Å². The highest BCUT2D eigenvalue weighted by molar-refractivity contribution is 5.79. The van der Waals surface area contributed by atoms with Crippen LogP contribution in [0, 0.1) is 6.92 Å². The fraction of sp³-hybridized carbons (Fsp3) is 0.500. The molecular formula is C14H20N2O. The Morgan fingerprint density at radius 1 is 1.35 bits per heavy atom. The highest BCUT2D eigenvalue weighted by Gasteiger charge is 2.31. The zero-order chi connectivity index (χ0) is 12.4. The van der Waals surface area contributed by atoms with Gasteiger partial charge in [0.2, 0.25) is 5.91 Å². The first-order chi connectivity index (χ1) is 8.06. The molecule has 1 aromatic carbocycles. The number of benzene rings is 1. The van der Waals surface area contributed by atoms with Crippen molar-refractivity contribution in [3.8, 4) is 0 Å². The van der Waals surface area contributed by atoms with Gasteiger partial charge >= 0.3 is 0 Å². The zero-order valence-electron chi connectivity index (χ0n) is 10.4. The van der Waals surface area contributed by atoms with Gasteiger partial charge in [-0.1, -0.05) is 29.8 Å². The molecule has 0 heterocycles. The van der Waals surface area contributed by atoms with E-state index in [4.69, 9.17) is 5.73 Å². The van der Waals surface area contributed by atoms with Crippen molar-refractivity contribution in [3.05, 3.63) is 35.4 Å². The molecule has 1 unspecified atom stereocenters. The van der Waals surface area contributed by atoms with E-state index in [1.54, 1.807) is 0 Å². The largest absolute Gasteiger partial charge is 0.368 e. The Bertz CT molecular complexity index is 393. The summed E-state index contributed by atoms with van der Waals surface area (Å²) in [5, 5.41) is 3.25. The predicted octanol–water partition coefficient (Wildman–Crippen LogP) is 1.70. The number of amides is 1. The van der Waals surface area contributed by atoms with Gasteiger partial charge in [0.15, 0.2) is 0 Å². The van der Waals surface area contributed by atoms with Crippen LogP contribution in [0.25, 0.3) is 0 Å². The van der Waals surface area contributed by atoms with E-state index in [2.05, 4.69) is 36.5 Å². The number of rotatable bonds is 4. The molecular weight excluding hydrogens is 212 g/mol. The molecule has 0 spiro atoms. The monoisotopic (exact) mass is 232 g/mol. The van der Waals surface area contributed by atoms with E-state index in [9.17, 15) is 4.79 Å². The molecule has 0 aliphatic heterocycles. The summed E-state index contributed by atoms with van der Waals surface area (Å²) in [7, 11) is 0. The first-order valence-electron chi connectivity index (χ1n) is 6.18. The molecule has 1 aliphatic rings. The van der Waals surface area contributed by atoms with Crippen molar-refractivity contribution in [2.24, 2.45) is 5.73 Å². The Morgan fingerprint density at radius 2 is 1.94 bits per heavy atom. The number of aryl methyl sites for hydroxylation is 1. The number of primary amides is 1. The molecule has 0 aromatic heterocycles. The fourth-order valence-electron chi connectivity index (χ4n) is 2.30. The highest BCUT2D eigenvalue weighted by Crippen LogP contribution is 2.37. The van der Waals surface area contributed by atoms with Crippen molar-refractivity contribution in [1.29, 1.82) is 0 Å². The zero-order valence-corrected chi connectivity index (χ0v) is 10.4. The van der Waals surface area contributed by atoms with Crippen LogP contribution in [-0.4, -0.2) is 18.0 Å². The summed E-state index contributed by atoms with van der Waals surface area (Å²) in [6.45, 7) is 3.92. The van der Waals surface area contributed by atoms with Gasteiger partial charge < -0.3 is 11.1 Å². The third-order valence-electron chi connectivity index (χ3n) is 3.60. The lowest BCUT2D eigenvalue weighted by molar-refractivity contribution is -0.120. The van der Waals surface area contributed by atoms with Gasteiger partial charge in [-0.25, -0.2) is 0 Å². The van der Waals surface area contributed by atoms with Crippen molar-refractivity contribution < 1.29 is 4.79 Å². The van der Waals surface area contributed by atoms with E-state index in [-0.39, 0.29) is 11.9 Å². The first-order valence-corrected chi connectivity index (χ1v) is 6.18. The van der Waals surface area contributed by atoms with Crippen molar-refractivity contribution >= 4 is 5.91 Å². The first kappa shape index (κ1) is 12.1. The van der Waals surface area contributed by atoms with Gasteiger partial charge in [-0.3, -0.25) is 4.79 Å². The van der Waals surface area contributed by atoms with Crippen LogP contribution >= 0.6 is 0 Å². The number of carbonyl (C=O) groups excluding carboxylic acids is 1. The molecule has 1 fully saturated rings. The summed E-state index contributed by atoms with van der Waals surface area (Å²) in [6, 6.07) is 8.92. The highest BCUT2D eigenvalue weighted by atomic mass is 16.1. The average molecular weight is 232 g/mol. The van der Waals surface area contributed by atoms with Gasteiger partial charge in [0.25, 0.3) is 0 Å². The van der Waals surface area contributed by atoms with Gasteiger partial charge in [-0.05, 0) is 38.2 Å². The lowest BCUT2D eigenvalue weighted by atomic mass is 9.75. The molecule has 92 valence electrons. The minimum Gasteiger partial charge on any atom is -0.368 e. The topological polar surface area (TPSA) is 55.1 Å². The van der Waals surface area contributed by atoms with Gasteiger partial charge in [0.1, 0.15) is 0 Å². The Balaban J connectivity index is 1.83. The molecule has 17 heavy (non-hydrogen) atoms. The van der Waals surface area contributed by atoms with Crippen LogP contribution in [-0.2, 0) is 4.79 Å². The molecule has 2 rings (SSSR count). The smallest absolute Gasteiger partial charge is 0.234 e. The van der Waals surface area contributed by atoms with E-state index < -0.39 is 0 Å². The van der Waals surface area contributed by atoms with Gasteiger partial charge in [-0.15, -0.1) is 0 Å². The van der Waals surface area contributed by atoms with Gasteiger partial charge in [0.05, 0.1) is 6.04 Å². The van der Waals surface area contributed by atoms with E-state index >= 15 is 0 Å². The minimum atomic E-state index is -0.274. The Kier molecular flexibility index (Phi) is 3.48. The van der Waals surface area contributed by atoms with Crippen LogP contribution in [0.5, 0.6) is 0 Å². The summed E-state index contributed by atoms with van der Waals surface area (Å²) in [6.07, 6.45) is 2.20. The second-order valence-corrected chi connectivity index (χ2v) is 5.07. The lowest BCUT2D eigenvalue weighted by Gasteiger charge is -2.37. The molecule has 3 nitrogen and oxygen atoms in total. The summed E-state index contributed by atoms with van der Waals surface area (Å²) < 4.78 is 0. The van der Waals surface area contributed by atoms with Crippen LogP contribution in [0.3, 0.4) is 0 Å². The molecule has 0 bridgehead atoms. The molecule has 0 radical (unpaired) electrons. The maximum Gasteiger partial charge on any atom is 0.234 e. The number of nitrogens with one attached hydrogen (secondary N) is 1. The molecule has 3 heteroatoms. The summed E-state index contributed by atoms with van der Waals surface area (Å²) in [5.41, 5.74) is 7.92. The molecule has 1 amide bonds. The second kappa shape index (κ2) is 4.88. The fourth-order valence-corrected chi connectivity index (χ4v) is 2.30. The summed E-state index contributed by atoms with van der Waals surface area (Å²) >= 11 is 0. The molecule has 0 saturated heterocycles. The SMILES string of the molecule is Cc1ccc(C2CC(NC(C)C(N)=O)C2)cc1. The Labute approximate surface area is 102 Å². The maximum atomic E-state index is 10.9. The summed E-state index contributed by atoms with van der Waals surface area (Å²) in [4.78, 5) is 10.9. The maximum absolute atomic E-state index is 10.9. The van der Waals surface area contributed by atoms with Crippen molar-refractivity contribution in [1.82, 2.24) is 5.32 Å². The van der Waals surface area contributed by atoms with Crippen molar-refractivity contribution in [3.63, 3.8) is 0 Å². The molecule has 1 aliphatic carbocycles. The Hall–Kier alpha value is -1.35. The van der Waals surface area contributed by atoms with Crippen molar-refractivity contribution in [2.75, 3.05) is 0 Å². The van der Waals surface area contributed by atoms with Crippen LogP contribution in [0.2, 0.25) is 0 Å². The van der Waals surface area contributed by atoms with Crippen LogP contribution in [0.15, 0.2) is 24.3 Å². The number of hydrogen-bond acceptors (Lipinski definition) is 2. The summed E-state index contributed by atoms with van der Waals surface area (Å²) in [5.74, 6) is 0.358.